The summed E-state index contributed by atoms with van der Waals surface area (Å²) in [6.45, 7) is 5.25. The van der Waals surface area contributed by atoms with E-state index in [1.165, 1.54) is 0 Å². The standard InChI is InChI=1S/C12H17BrClN5O/c1-8(11(15)17-20)18-2-4-19(5-3-18)12-10(13)6-9(14)7-16-12/h6-8,20H,2-5H2,1H3,(H2,15,17). The molecule has 0 amide bonds. The molecule has 6 nitrogen and oxygen atoms in total. The molecule has 0 saturated carbocycles. The van der Waals surface area contributed by atoms with E-state index in [1.807, 2.05) is 13.0 Å². The van der Waals surface area contributed by atoms with Crippen molar-refractivity contribution in [3.63, 3.8) is 0 Å². The van der Waals surface area contributed by atoms with Crippen LogP contribution in [-0.2, 0) is 0 Å². The lowest BCUT2D eigenvalue weighted by Crippen LogP contribution is -2.53. The van der Waals surface area contributed by atoms with Crippen LogP contribution in [0, 0.1) is 0 Å². The lowest BCUT2D eigenvalue weighted by Gasteiger charge is -2.38. The minimum Gasteiger partial charge on any atom is -0.409 e. The van der Waals surface area contributed by atoms with Gasteiger partial charge in [0.05, 0.1) is 15.5 Å². The highest BCUT2D eigenvalue weighted by Crippen LogP contribution is 2.27. The summed E-state index contributed by atoms with van der Waals surface area (Å²) in [5, 5.41) is 12.4. The molecule has 1 aliphatic rings. The summed E-state index contributed by atoms with van der Waals surface area (Å²) in [4.78, 5) is 8.73. The van der Waals surface area contributed by atoms with E-state index in [-0.39, 0.29) is 11.9 Å². The van der Waals surface area contributed by atoms with E-state index in [1.54, 1.807) is 6.20 Å². The van der Waals surface area contributed by atoms with Crippen LogP contribution < -0.4 is 10.6 Å². The molecule has 1 aromatic rings. The van der Waals surface area contributed by atoms with Crippen LogP contribution in [-0.4, -0.2) is 53.1 Å². The quantitative estimate of drug-likeness (QED) is 0.371. The molecule has 1 unspecified atom stereocenters. The Morgan fingerprint density at radius 1 is 1.50 bits per heavy atom. The smallest absolute Gasteiger partial charge is 0.156 e. The highest BCUT2D eigenvalue weighted by molar-refractivity contribution is 9.10. The number of anilines is 1. The fourth-order valence-corrected chi connectivity index (χ4v) is 3.12. The molecule has 0 spiro atoms. The van der Waals surface area contributed by atoms with Crippen molar-refractivity contribution in [3.8, 4) is 0 Å². The summed E-state index contributed by atoms with van der Waals surface area (Å²) in [5.41, 5.74) is 5.64. The number of pyridine rings is 1. The van der Waals surface area contributed by atoms with Gasteiger partial charge in [-0.15, -0.1) is 0 Å². The molecular weight excluding hydrogens is 346 g/mol. The van der Waals surface area contributed by atoms with E-state index in [0.717, 1.165) is 36.5 Å². The van der Waals surface area contributed by atoms with Crippen LogP contribution in [0.15, 0.2) is 21.9 Å². The summed E-state index contributed by atoms with van der Waals surface area (Å²) in [6, 6.07) is 1.78. The van der Waals surface area contributed by atoms with Crippen LogP contribution in [0.1, 0.15) is 6.92 Å². The van der Waals surface area contributed by atoms with E-state index >= 15 is 0 Å². The SMILES string of the molecule is CC(C(N)=NO)N1CCN(c2ncc(Cl)cc2Br)CC1. The minimum absolute atomic E-state index is 0.0660. The lowest BCUT2D eigenvalue weighted by atomic mass is 10.2. The average Bonchev–Trinajstić information content (AvgIpc) is 2.46. The van der Waals surface area contributed by atoms with Gasteiger partial charge in [-0.3, -0.25) is 4.90 Å². The van der Waals surface area contributed by atoms with Crippen molar-refractivity contribution in [3.05, 3.63) is 21.8 Å². The maximum atomic E-state index is 8.73. The van der Waals surface area contributed by atoms with Crippen LogP contribution >= 0.6 is 27.5 Å². The monoisotopic (exact) mass is 361 g/mol. The zero-order valence-corrected chi connectivity index (χ0v) is 13.5. The minimum atomic E-state index is -0.0660. The maximum absolute atomic E-state index is 8.73. The molecule has 0 aliphatic carbocycles. The molecule has 1 aromatic heterocycles. The van der Waals surface area contributed by atoms with Gasteiger partial charge in [-0.25, -0.2) is 4.98 Å². The second kappa shape index (κ2) is 6.60. The fraction of sp³-hybridized carbons (Fsp3) is 0.500. The number of hydrogen-bond acceptors (Lipinski definition) is 5. The van der Waals surface area contributed by atoms with Crippen molar-refractivity contribution in [2.45, 2.75) is 13.0 Å². The Morgan fingerprint density at radius 3 is 2.70 bits per heavy atom. The first-order valence-corrected chi connectivity index (χ1v) is 7.47. The first-order chi connectivity index (χ1) is 9.52. The van der Waals surface area contributed by atoms with E-state index < -0.39 is 0 Å². The van der Waals surface area contributed by atoms with Crippen molar-refractivity contribution in [2.75, 3.05) is 31.1 Å². The Bertz CT molecular complexity index is 505. The Labute approximate surface area is 131 Å². The van der Waals surface area contributed by atoms with Crippen LogP contribution in [0.2, 0.25) is 5.02 Å². The molecule has 110 valence electrons. The Morgan fingerprint density at radius 2 is 2.15 bits per heavy atom. The number of hydrogen-bond donors (Lipinski definition) is 2. The molecule has 2 heterocycles. The second-order valence-electron chi connectivity index (χ2n) is 4.68. The number of nitrogens with two attached hydrogens (primary N) is 1. The largest absolute Gasteiger partial charge is 0.409 e. The molecule has 20 heavy (non-hydrogen) atoms. The normalized spacial score (nSPS) is 19.1. The molecule has 1 atom stereocenters. The topological polar surface area (TPSA) is 78.0 Å². The van der Waals surface area contributed by atoms with Gasteiger partial charge >= 0.3 is 0 Å². The Kier molecular flexibility index (Phi) is 5.06. The zero-order chi connectivity index (χ0) is 14.7. The summed E-state index contributed by atoms with van der Waals surface area (Å²) < 4.78 is 0.892. The van der Waals surface area contributed by atoms with Crippen molar-refractivity contribution in [1.29, 1.82) is 0 Å². The molecule has 8 heteroatoms. The van der Waals surface area contributed by atoms with Crippen LogP contribution in [0.5, 0.6) is 0 Å². The predicted molar refractivity (Wildman–Crippen MR) is 83.6 cm³/mol. The van der Waals surface area contributed by atoms with Gasteiger partial charge in [0, 0.05) is 32.4 Å². The van der Waals surface area contributed by atoms with Gasteiger partial charge in [-0.1, -0.05) is 16.8 Å². The number of piperazine rings is 1. The van der Waals surface area contributed by atoms with Crippen LogP contribution in [0.25, 0.3) is 0 Å². The van der Waals surface area contributed by atoms with Crippen LogP contribution in [0.3, 0.4) is 0 Å². The Hall–Kier alpha value is -1.05. The fourth-order valence-electron chi connectivity index (χ4n) is 2.23. The zero-order valence-electron chi connectivity index (χ0n) is 11.1. The van der Waals surface area contributed by atoms with Crippen molar-refractivity contribution in [2.24, 2.45) is 10.9 Å². The third-order valence-electron chi connectivity index (χ3n) is 3.49. The molecule has 0 bridgehead atoms. The molecule has 0 aromatic carbocycles. The summed E-state index contributed by atoms with van der Waals surface area (Å²) in [7, 11) is 0. The third kappa shape index (κ3) is 3.34. The summed E-state index contributed by atoms with van der Waals surface area (Å²) >= 11 is 9.39. The molecule has 1 aliphatic heterocycles. The van der Waals surface area contributed by atoms with Crippen molar-refractivity contribution in [1.82, 2.24) is 9.88 Å². The first-order valence-electron chi connectivity index (χ1n) is 6.30. The maximum Gasteiger partial charge on any atom is 0.156 e. The van der Waals surface area contributed by atoms with Gasteiger partial charge in [0.2, 0.25) is 0 Å². The first kappa shape index (κ1) is 15.3. The van der Waals surface area contributed by atoms with Crippen LogP contribution in [0.4, 0.5) is 5.82 Å². The van der Waals surface area contributed by atoms with Crippen molar-refractivity contribution >= 4 is 39.2 Å². The summed E-state index contributed by atoms with van der Waals surface area (Å²) in [6.07, 6.45) is 1.65. The predicted octanol–water partition coefficient (Wildman–Crippen LogP) is 1.75. The van der Waals surface area contributed by atoms with Gasteiger partial charge in [-0.2, -0.15) is 0 Å². The second-order valence-corrected chi connectivity index (χ2v) is 5.97. The van der Waals surface area contributed by atoms with Gasteiger partial charge in [0.15, 0.2) is 5.84 Å². The number of rotatable bonds is 3. The number of nitrogens with zero attached hydrogens (tertiary/aromatic N) is 4. The van der Waals surface area contributed by atoms with Crippen molar-refractivity contribution < 1.29 is 5.21 Å². The van der Waals surface area contributed by atoms with E-state index in [2.05, 4.69) is 35.9 Å². The van der Waals surface area contributed by atoms with Gasteiger partial charge in [-0.05, 0) is 28.9 Å². The van der Waals surface area contributed by atoms with E-state index in [0.29, 0.717) is 5.02 Å². The van der Waals surface area contributed by atoms with E-state index in [4.69, 9.17) is 22.5 Å². The molecule has 1 saturated heterocycles. The average molecular weight is 363 g/mol. The van der Waals surface area contributed by atoms with E-state index in [9.17, 15) is 0 Å². The molecule has 2 rings (SSSR count). The highest BCUT2D eigenvalue weighted by atomic mass is 79.9. The number of oxime groups is 1. The molecule has 1 fully saturated rings. The third-order valence-corrected chi connectivity index (χ3v) is 4.28. The lowest BCUT2D eigenvalue weighted by molar-refractivity contribution is 0.229. The van der Waals surface area contributed by atoms with Gasteiger partial charge < -0.3 is 15.8 Å². The molecular formula is C12H17BrClN5O. The highest BCUT2D eigenvalue weighted by Gasteiger charge is 2.24. The Balaban J connectivity index is 2.01. The molecule has 3 N–H and O–H groups in total. The number of amidine groups is 1. The van der Waals surface area contributed by atoms with Gasteiger partial charge in [0.1, 0.15) is 5.82 Å². The summed E-state index contributed by atoms with van der Waals surface area (Å²) in [5.74, 6) is 1.13. The molecule has 0 radical (unpaired) electrons. The van der Waals surface area contributed by atoms with Gasteiger partial charge in [0.25, 0.3) is 0 Å². The number of aromatic nitrogens is 1. The number of halogens is 2.